The third-order valence-electron chi connectivity index (χ3n) is 2.42. The maximum atomic E-state index is 12.6. The van der Waals surface area contributed by atoms with Crippen LogP contribution in [0.2, 0.25) is 0 Å². The van der Waals surface area contributed by atoms with Crippen LogP contribution in [-0.4, -0.2) is 6.54 Å². The lowest BCUT2D eigenvalue weighted by atomic mass is 10.0. The van der Waals surface area contributed by atoms with Gasteiger partial charge in [-0.3, -0.25) is 0 Å². The SMILES string of the molecule is C#CCCNCc1cc(C(F)(F)F)cc(C(F)(F)F)c1. The highest BCUT2D eigenvalue weighted by atomic mass is 19.4. The third-order valence-corrected chi connectivity index (χ3v) is 2.42. The Morgan fingerprint density at radius 2 is 1.45 bits per heavy atom. The van der Waals surface area contributed by atoms with Gasteiger partial charge in [0.2, 0.25) is 0 Å². The second-order valence-electron chi connectivity index (χ2n) is 4.05. The van der Waals surface area contributed by atoms with Crippen molar-refractivity contribution in [2.45, 2.75) is 25.3 Å². The maximum Gasteiger partial charge on any atom is 0.416 e. The van der Waals surface area contributed by atoms with Crippen molar-refractivity contribution in [3.8, 4) is 12.3 Å². The number of terminal acetylenes is 1. The van der Waals surface area contributed by atoms with Crippen molar-refractivity contribution in [2.24, 2.45) is 0 Å². The third kappa shape index (κ3) is 4.78. The van der Waals surface area contributed by atoms with E-state index in [1.54, 1.807) is 0 Å². The van der Waals surface area contributed by atoms with Gasteiger partial charge < -0.3 is 5.32 Å². The van der Waals surface area contributed by atoms with Crippen LogP contribution in [0.5, 0.6) is 0 Å². The number of alkyl halides is 6. The molecule has 0 aliphatic rings. The summed E-state index contributed by atoms with van der Waals surface area (Å²) in [5.41, 5.74) is -2.73. The van der Waals surface area contributed by atoms with Crippen molar-refractivity contribution in [3.63, 3.8) is 0 Å². The van der Waals surface area contributed by atoms with Crippen LogP contribution in [0.3, 0.4) is 0 Å². The molecule has 0 aromatic heterocycles. The first kappa shape index (κ1) is 16.4. The van der Waals surface area contributed by atoms with E-state index < -0.39 is 23.5 Å². The van der Waals surface area contributed by atoms with E-state index in [-0.39, 0.29) is 18.2 Å². The number of benzene rings is 1. The first-order chi connectivity index (χ1) is 9.14. The van der Waals surface area contributed by atoms with Crippen LogP contribution >= 0.6 is 0 Å². The summed E-state index contributed by atoms with van der Waals surface area (Å²) in [4.78, 5) is 0. The van der Waals surface area contributed by atoms with Crippen LogP contribution in [-0.2, 0) is 18.9 Å². The summed E-state index contributed by atoms with van der Waals surface area (Å²) < 4.78 is 75.4. The second kappa shape index (κ2) is 6.18. The van der Waals surface area contributed by atoms with Crippen molar-refractivity contribution >= 4 is 0 Å². The first-order valence-electron chi connectivity index (χ1n) is 5.57. The molecule has 0 heterocycles. The molecule has 1 nitrogen and oxygen atoms in total. The Kier molecular flexibility index (Phi) is 5.06. The summed E-state index contributed by atoms with van der Waals surface area (Å²) in [7, 11) is 0. The fourth-order valence-corrected chi connectivity index (χ4v) is 1.51. The van der Waals surface area contributed by atoms with Gasteiger partial charge in [-0.15, -0.1) is 12.3 Å². The standard InChI is InChI=1S/C13H11F6N/c1-2-3-4-20-8-9-5-10(12(14,15)16)7-11(6-9)13(17,18)19/h1,5-7,20H,3-4,8H2. The average molecular weight is 295 g/mol. The van der Waals surface area contributed by atoms with Gasteiger partial charge in [-0.05, 0) is 23.8 Å². The van der Waals surface area contributed by atoms with Gasteiger partial charge in [0.05, 0.1) is 11.1 Å². The van der Waals surface area contributed by atoms with Crippen molar-refractivity contribution < 1.29 is 26.3 Å². The topological polar surface area (TPSA) is 12.0 Å². The molecule has 0 amide bonds. The molecule has 0 radical (unpaired) electrons. The molecule has 1 aromatic rings. The largest absolute Gasteiger partial charge is 0.416 e. The number of nitrogens with one attached hydrogen (secondary N) is 1. The van der Waals surface area contributed by atoms with Gasteiger partial charge >= 0.3 is 12.4 Å². The van der Waals surface area contributed by atoms with Gasteiger partial charge in [-0.2, -0.15) is 26.3 Å². The van der Waals surface area contributed by atoms with Gasteiger partial charge in [-0.1, -0.05) is 0 Å². The summed E-state index contributed by atoms with van der Waals surface area (Å²) in [6.45, 7) is 0.197. The number of hydrogen-bond donors (Lipinski definition) is 1. The van der Waals surface area contributed by atoms with E-state index in [1.165, 1.54) is 0 Å². The lowest BCUT2D eigenvalue weighted by molar-refractivity contribution is -0.143. The molecular formula is C13H11F6N. The van der Waals surface area contributed by atoms with Crippen LogP contribution in [0.15, 0.2) is 18.2 Å². The van der Waals surface area contributed by atoms with Gasteiger partial charge in [0.1, 0.15) is 0 Å². The molecule has 0 unspecified atom stereocenters. The highest BCUT2D eigenvalue weighted by Crippen LogP contribution is 2.36. The monoisotopic (exact) mass is 295 g/mol. The van der Waals surface area contributed by atoms with E-state index in [0.717, 1.165) is 0 Å². The molecule has 0 spiro atoms. The summed E-state index contributed by atoms with van der Waals surface area (Å²) in [5.74, 6) is 2.30. The van der Waals surface area contributed by atoms with E-state index >= 15 is 0 Å². The molecule has 0 aliphatic heterocycles. The van der Waals surface area contributed by atoms with Gasteiger partial charge in [-0.25, -0.2) is 0 Å². The van der Waals surface area contributed by atoms with E-state index in [4.69, 9.17) is 6.42 Å². The Bertz CT molecular complexity index is 463. The van der Waals surface area contributed by atoms with Crippen LogP contribution < -0.4 is 5.32 Å². The van der Waals surface area contributed by atoms with Crippen molar-refractivity contribution in [1.82, 2.24) is 5.32 Å². The zero-order valence-electron chi connectivity index (χ0n) is 10.2. The Hall–Kier alpha value is -1.68. The van der Waals surface area contributed by atoms with Crippen LogP contribution in [0.1, 0.15) is 23.1 Å². The van der Waals surface area contributed by atoms with Crippen molar-refractivity contribution in [3.05, 3.63) is 34.9 Å². The van der Waals surface area contributed by atoms with Gasteiger partial charge in [0, 0.05) is 19.5 Å². The molecule has 1 rings (SSSR count). The second-order valence-corrected chi connectivity index (χ2v) is 4.05. The maximum absolute atomic E-state index is 12.6. The molecule has 0 atom stereocenters. The minimum atomic E-state index is -4.82. The summed E-state index contributed by atoms with van der Waals surface area (Å²) in [6.07, 6.45) is -4.33. The molecule has 0 fully saturated rings. The van der Waals surface area contributed by atoms with Gasteiger partial charge in [0.15, 0.2) is 0 Å². The number of hydrogen-bond acceptors (Lipinski definition) is 1. The normalized spacial score (nSPS) is 12.2. The molecule has 1 N–H and O–H groups in total. The fraction of sp³-hybridized carbons (Fsp3) is 0.385. The Morgan fingerprint density at radius 3 is 1.85 bits per heavy atom. The Morgan fingerprint density at radius 1 is 0.950 bits per heavy atom. The summed E-state index contributed by atoms with van der Waals surface area (Å²) in [6, 6.07) is 1.49. The van der Waals surface area contributed by atoms with Crippen LogP contribution in [0.25, 0.3) is 0 Å². The smallest absolute Gasteiger partial charge is 0.312 e. The average Bonchev–Trinajstić information content (AvgIpc) is 2.32. The number of rotatable bonds is 4. The summed E-state index contributed by atoms with van der Waals surface area (Å²) >= 11 is 0. The number of halogens is 6. The molecule has 20 heavy (non-hydrogen) atoms. The predicted molar refractivity (Wildman–Crippen MR) is 61.6 cm³/mol. The van der Waals surface area contributed by atoms with E-state index in [1.807, 2.05) is 0 Å². The lowest BCUT2D eigenvalue weighted by Crippen LogP contribution is -2.17. The van der Waals surface area contributed by atoms with Crippen LogP contribution in [0.4, 0.5) is 26.3 Å². The molecule has 7 heteroatoms. The summed E-state index contributed by atoms with van der Waals surface area (Å²) in [5, 5.41) is 2.68. The van der Waals surface area contributed by atoms with E-state index in [0.29, 0.717) is 25.1 Å². The molecule has 0 bridgehead atoms. The Balaban J connectivity index is 3.02. The Labute approximate surface area is 112 Å². The molecule has 0 saturated carbocycles. The minimum absolute atomic E-state index is 0.0934. The fourth-order valence-electron chi connectivity index (χ4n) is 1.51. The van der Waals surface area contributed by atoms with Gasteiger partial charge in [0.25, 0.3) is 0 Å². The van der Waals surface area contributed by atoms with E-state index in [9.17, 15) is 26.3 Å². The quantitative estimate of drug-likeness (QED) is 0.505. The highest BCUT2D eigenvalue weighted by molar-refractivity contribution is 5.33. The van der Waals surface area contributed by atoms with Crippen molar-refractivity contribution in [2.75, 3.05) is 6.54 Å². The first-order valence-corrected chi connectivity index (χ1v) is 5.57. The zero-order chi connectivity index (χ0) is 15.4. The van der Waals surface area contributed by atoms with E-state index in [2.05, 4.69) is 11.2 Å². The molecule has 0 aliphatic carbocycles. The molecule has 0 saturated heterocycles. The zero-order valence-corrected chi connectivity index (χ0v) is 10.2. The van der Waals surface area contributed by atoms with Crippen LogP contribution in [0, 0.1) is 12.3 Å². The van der Waals surface area contributed by atoms with Crippen molar-refractivity contribution in [1.29, 1.82) is 0 Å². The predicted octanol–water partition coefficient (Wildman–Crippen LogP) is 3.84. The molecule has 1 aromatic carbocycles. The lowest BCUT2D eigenvalue weighted by Gasteiger charge is -2.14. The highest BCUT2D eigenvalue weighted by Gasteiger charge is 2.36. The molecule has 110 valence electrons. The molecular weight excluding hydrogens is 284 g/mol. The minimum Gasteiger partial charge on any atom is -0.312 e.